The molecule has 1 rings (SSSR count). The zero-order valence-electron chi connectivity index (χ0n) is 7.44. The Morgan fingerprint density at radius 3 is 2.62 bits per heavy atom. The van der Waals surface area contributed by atoms with Crippen molar-refractivity contribution in [3.63, 3.8) is 0 Å². The van der Waals surface area contributed by atoms with Gasteiger partial charge in [-0.2, -0.15) is 4.99 Å². The van der Waals surface area contributed by atoms with Crippen LogP contribution in [0.1, 0.15) is 24.4 Å². The largest absolute Gasteiger partial charge is 0.235 e. The zero-order valence-corrected chi connectivity index (χ0v) is 7.44. The van der Waals surface area contributed by atoms with E-state index in [1.165, 1.54) is 0 Å². The third-order valence-electron chi connectivity index (χ3n) is 1.87. The van der Waals surface area contributed by atoms with Crippen molar-refractivity contribution in [1.82, 2.24) is 0 Å². The van der Waals surface area contributed by atoms with Crippen molar-refractivity contribution in [2.45, 2.75) is 18.9 Å². The molecule has 0 aliphatic heterocycles. The summed E-state index contributed by atoms with van der Waals surface area (Å²) in [5.74, 6) is 0. The van der Waals surface area contributed by atoms with Gasteiger partial charge in [0, 0.05) is 0 Å². The molecule has 0 aromatic heterocycles. The summed E-state index contributed by atoms with van der Waals surface area (Å²) in [4.78, 5) is 13.9. The van der Waals surface area contributed by atoms with E-state index >= 15 is 0 Å². The summed E-state index contributed by atoms with van der Waals surface area (Å²) in [6, 6.07) is 9.66. The monoisotopic (exact) mass is 174 g/mol. The molecule has 1 aromatic rings. The van der Waals surface area contributed by atoms with E-state index in [1.807, 2.05) is 30.3 Å². The van der Waals surface area contributed by atoms with Crippen LogP contribution in [0.15, 0.2) is 35.3 Å². The lowest BCUT2D eigenvalue weighted by Gasteiger charge is -2.08. The normalized spacial score (nSPS) is 11.8. The van der Waals surface area contributed by atoms with Crippen molar-refractivity contribution >= 4 is 6.08 Å². The molecule has 1 unspecified atom stereocenters. The first-order chi connectivity index (χ1) is 6.38. The van der Waals surface area contributed by atoms with Gasteiger partial charge < -0.3 is 0 Å². The van der Waals surface area contributed by atoms with Gasteiger partial charge >= 0.3 is 0 Å². The average Bonchev–Trinajstić information content (AvgIpc) is 2.19. The maximum absolute atomic E-state index is 10.2. The van der Waals surface area contributed by atoms with Crippen molar-refractivity contribution in [1.29, 1.82) is 0 Å². The average molecular weight is 174 g/mol. The molecule has 67 valence electrons. The van der Waals surface area contributed by atoms with Crippen molar-refractivity contribution in [2.75, 3.05) is 0 Å². The summed E-state index contributed by atoms with van der Waals surface area (Å²) in [6.45, 7) is 3.74. The van der Waals surface area contributed by atoms with Gasteiger partial charge in [-0.15, -0.1) is 0 Å². The van der Waals surface area contributed by atoms with Crippen LogP contribution < -0.4 is 0 Å². The van der Waals surface area contributed by atoms with Crippen molar-refractivity contribution in [3.05, 3.63) is 42.8 Å². The lowest BCUT2D eigenvalue weighted by Crippen LogP contribution is -1.93. The molecular formula is C11H12NO. The number of isocyanates is 1. The number of hydrogen-bond acceptors (Lipinski definition) is 2. The fraction of sp³-hybridized carbons (Fsp3) is 0.273. The molecule has 0 fully saturated rings. The van der Waals surface area contributed by atoms with E-state index in [9.17, 15) is 4.79 Å². The minimum atomic E-state index is -0.0730. The molecule has 0 N–H and O–H groups in total. The first kappa shape index (κ1) is 9.69. The minimum Gasteiger partial charge on any atom is -0.211 e. The quantitative estimate of drug-likeness (QED) is 0.509. The van der Waals surface area contributed by atoms with E-state index in [4.69, 9.17) is 0 Å². The van der Waals surface area contributed by atoms with Gasteiger partial charge in [0.05, 0.1) is 6.04 Å². The SMILES string of the molecule is [CH2]CCC(N=C=O)c1ccccc1. The van der Waals surface area contributed by atoms with Crippen LogP contribution in [-0.4, -0.2) is 6.08 Å². The zero-order chi connectivity index (χ0) is 9.52. The molecule has 2 nitrogen and oxygen atoms in total. The Bertz CT molecular complexity index is 288. The Kier molecular flexibility index (Phi) is 3.94. The smallest absolute Gasteiger partial charge is 0.211 e. The molecular weight excluding hydrogens is 162 g/mol. The Morgan fingerprint density at radius 2 is 2.08 bits per heavy atom. The number of carbonyl (C=O) groups excluding carboxylic acids is 1. The molecule has 0 aliphatic carbocycles. The lowest BCUT2D eigenvalue weighted by atomic mass is 10.0. The van der Waals surface area contributed by atoms with Gasteiger partial charge in [-0.3, -0.25) is 0 Å². The van der Waals surface area contributed by atoms with Crippen molar-refractivity contribution in [3.8, 4) is 0 Å². The Balaban J connectivity index is 2.81. The van der Waals surface area contributed by atoms with Crippen LogP contribution in [0.2, 0.25) is 0 Å². The molecule has 0 spiro atoms. The van der Waals surface area contributed by atoms with Crippen molar-refractivity contribution < 1.29 is 4.79 Å². The Labute approximate surface area is 78.3 Å². The summed E-state index contributed by atoms with van der Waals surface area (Å²) >= 11 is 0. The molecule has 1 aromatic carbocycles. The fourth-order valence-electron chi connectivity index (χ4n) is 1.24. The van der Waals surface area contributed by atoms with Crippen LogP contribution in [0.4, 0.5) is 0 Å². The van der Waals surface area contributed by atoms with Crippen LogP contribution >= 0.6 is 0 Å². The van der Waals surface area contributed by atoms with Crippen LogP contribution in [0.25, 0.3) is 0 Å². The first-order valence-corrected chi connectivity index (χ1v) is 4.29. The second-order valence-corrected chi connectivity index (χ2v) is 2.79. The second kappa shape index (κ2) is 5.28. The van der Waals surface area contributed by atoms with Gasteiger partial charge in [-0.1, -0.05) is 43.7 Å². The van der Waals surface area contributed by atoms with E-state index in [0.29, 0.717) is 0 Å². The van der Waals surface area contributed by atoms with E-state index < -0.39 is 0 Å². The Morgan fingerprint density at radius 1 is 1.38 bits per heavy atom. The summed E-state index contributed by atoms with van der Waals surface area (Å²) in [6.07, 6.45) is 3.16. The maximum atomic E-state index is 10.2. The minimum absolute atomic E-state index is 0.0730. The summed E-state index contributed by atoms with van der Waals surface area (Å²) in [5, 5.41) is 0. The molecule has 0 aliphatic rings. The van der Waals surface area contributed by atoms with Gasteiger partial charge in [-0.25, -0.2) is 4.79 Å². The number of nitrogens with zero attached hydrogens (tertiary/aromatic N) is 1. The molecule has 2 heteroatoms. The second-order valence-electron chi connectivity index (χ2n) is 2.79. The van der Waals surface area contributed by atoms with Crippen LogP contribution in [0.5, 0.6) is 0 Å². The molecule has 0 amide bonds. The van der Waals surface area contributed by atoms with Gasteiger partial charge in [0.15, 0.2) is 0 Å². The highest BCUT2D eigenvalue weighted by Gasteiger charge is 2.07. The highest BCUT2D eigenvalue weighted by Crippen LogP contribution is 2.21. The number of rotatable bonds is 4. The molecule has 0 heterocycles. The summed E-state index contributed by atoms with van der Waals surface area (Å²) < 4.78 is 0. The van der Waals surface area contributed by atoms with Crippen LogP contribution in [-0.2, 0) is 4.79 Å². The summed E-state index contributed by atoms with van der Waals surface area (Å²) in [7, 11) is 0. The lowest BCUT2D eigenvalue weighted by molar-refractivity contribution is 0.553. The van der Waals surface area contributed by atoms with Gasteiger partial charge in [0.1, 0.15) is 0 Å². The highest BCUT2D eigenvalue weighted by atomic mass is 16.1. The molecule has 0 bridgehead atoms. The molecule has 1 radical (unpaired) electrons. The van der Waals surface area contributed by atoms with E-state index in [2.05, 4.69) is 11.9 Å². The molecule has 0 saturated carbocycles. The molecule has 1 atom stereocenters. The van der Waals surface area contributed by atoms with Crippen molar-refractivity contribution in [2.24, 2.45) is 4.99 Å². The van der Waals surface area contributed by atoms with E-state index in [0.717, 1.165) is 18.4 Å². The van der Waals surface area contributed by atoms with E-state index in [1.54, 1.807) is 6.08 Å². The maximum Gasteiger partial charge on any atom is 0.235 e. The van der Waals surface area contributed by atoms with Gasteiger partial charge in [0.2, 0.25) is 6.08 Å². The van der Waals surface area contributed by atoms with Crippen LogP contribution in [0.3, 0.4) is 0 Å². The molecule has 0 saturated heterocycles. The predicted octanol–water partition coefficient (Wildman–Crippen LogP) is 2.68. The topological polar surface area (TPSA) is 29.4 Å². The third-order valence-corrected chi connectivity index (χ3v) is 1.87. The Hall–Kier alpha value is -1.40. The van der Waals surface area contributed by atoms with E-state index in [-0.39, 0.29) is 6.04 Å². The first-order valence-electron chi connectivity index (χ1n) is 4.29. The summed E-state index contributed by atoms with van der Waals surface area (Å²) in [5.41, 5.74) is 1.05. The predicted molar refractivity (Wildman–Crippen MR) is 51.9 cm³/mol. The van der Waals surface area contributed by atoms with Gasteiger partial charge in [-0.05, 0) is 12.0 Å². The van der Waals surface area contributed by atoms with Crippen LogP contribution in [0, 0.1) is 6.92 Å². The molecule has 13 heavy (non-hydrogen) atoms. The number of hydrogen-bond donors (Lipinski definition) is 0. The van der Waals surface area contributed by atoms with Gasteiger partial charge in [0.25, 0.3) is 0 Å². The number of benzene rings is 1. The highest BCUT2D eigenvalue weighted by molar-refractivity contribution is 5.35. The third kappa shape index (κ3) is 2.85. The standard InChI is InChI=1S/C11H12NO/c1-2-6-11(12-9-13)10-7-4-3-5-8-10/h3-5,7-8,11H,1-2,6H2. The fourth-order valence-corrected chi connectivity index (χ4v) is 1.24. The number of aliphatic imine (C=N–C) groups is 1.